The van der Waals surface area contributed by atoms with Crippen molar-refractivity contribution in [3.05, 3.63) is 42.4 Å². The number of carbonyl (C=O) groups is 1. The molecule has 0 aliphatic carbocycles. The number of nitrogens with zero attached hydrogens (tertiary/aromatic N) is 4. The van der Waals surface area contributed by atoms with Crippen molar-refractivity contribution in [3.63, 3.8) is 0 Å². The van der Waals surface area contributed by atoms with E-state index in [4.69, 9.17) is 14.8 Å². The number of piperidine rings is 1. The molecule has 33 heavy (non-hydrogen) atoms. The fraction of sp³-hybridized carbons (Fsp3) is 0.391. The Morgan fingerprint density at radius 3 is 2.88 bits per heavy atom. The normalized spacial score (nSPS) is 15.2. The topological polar surface area (TPSA) is 130 Å². The molecule has 1 saturated heterocycles. The molecule has 0 saturated carbocycles. The smallest absolute Gasteiger partial charge is 0.406 e. The predicted octanol–water partition coefficient (Wildman–Crippen LogP) is 2.62. The number of aliphatic hydroxyl groups is 1. The Balaban J connectivity index is 1.52. The van der Waals surface area contributed by atoms with Crippen molar-refractivity contribution in [2.45, 2.75) is 38.1 Å². The van der Waals surface area contributed by atoms with E-state index in [9.17, 15) is 9.90 Å². The molecule has 5 rings (SSSR count). The molecule has 0 bridgehead atoms. The fourth-order valence-electron chi connectivity index (χ4n) is 4.14. The lowest BCUT2D eigenvalue weighted by Gasteiger charge is -2.22. The largest absolute Gasteiger partial charge is 0.413 e. The van der Waals surface area contributed by atoms with Gasteiger partial charge < -0.3 is 25.5 Å². The van der Waals surface area contributed by atoms with Crippen LogP contribution < -0.4 is 15.4 Å². The van der Waals surface area contributed by atoms with E-state index in [2.05, 4.69) is 26.7 Å². The standard InChI is InChI=1S/C23H27N7O3/c1-23(2,13-31)28-22(32)33-17-11-25-21-20(17)27-18(12-26-21)30-16-6-4-3-5-15(16)19(29-30)14-7-9-24-10-8-14/h3-6,11-12,14,24,31H,7-10,13H2,1-2H3,(H,25,26)(H,28,32). The molecule has 1 aliphatic heterocycles. The molecule has 1 amide bonds. The zero-order valence-electron chi connectivity index (χ0n) is 18.6. The molecule has 3 aromatic heterocycles. The highest BCUT2D eigenvalue weighted by Crippen LogP contribution is 2.32. The van der Waals surface area contributed by atoms with Crippen LogP contribution in [0.5, 0.6) is 5.75 Å². The molecular weight excluding hydrogens is 422 g/mol. The molecule has 1 aliphatic rings. The maximum absolute atomic E-state index is 12.3. The highest BCUT2D eigenvalue weighted by atomic mass is 16.6. The number of hydrogen-bond acceptors (Lipinski definition) is 7. The average molecular weight is 450 g/mol. The molecule has 172 valence electrons. The van der Waals surface area contributed by atoms with Gasteiger partial charge in [0, 0.05) is 17.5 Å². The number of nitrogens with one attached hydrogen (secondary N) is 3. The number of aliphatic hydroxyl groups excluding tert-OH is 1. The van der Waals surface area contributed by atoms with Gasteiger partial charge in [-0.2, -0.15) is 5.10 Å². The van der Waals surface area contributed by atoms with Crippen molar-refractivity contribution in [3.8, 4) is 11.6 Å². The second-order valence-electron chi connectivity index (χ2n) is 8.97. The van der Waals surface area contributed by atoms with E-state index < -0.39 is 11.6 Å². The molecule has 0 radical (unpaired) electrons. The fourth-order valence-corrected chi connectivity index (χ4v) is 4.14. The summed E-state index contributed by atoms with van der Waals surface area (Å²) in [4.78, 5) is 24.5. The SMILES string of the molecule is CC(C)(CO)NC(=O)Oc1c[nH]c2ncc(-n3nc(C4CCNCC4)c4ccccc43)nc12. The average Bonchev–Trinajstić information content (AvgIpc) is 3.40. The Labute approximate surface area is 190 Å². The Bertz CT molecular complexity index is 1300. The number of aromatic amines is 1. The van der Waals surface area contributed by atoms with Crippen LogP contribution in [-0.2, 0) is 0 Å². The van der Waals surface area contributed by atoms with Gasteiger partial charge in [-0.3, -0.25) is 0 Å². The second-order valence-corrected chi connectivity index (χ2v) is 8.97. The van der Waals surface area contributed by atoms with Crippen LogP contribution in [0, 0.1) is 0 Å². The van der Waals surface area contributed by atoms with Crippen LogP contribution in [-0.4, -0.2) is 61.2 Å². The first-order valence-corrected chi connectivity index (χ1v) is 11.1. The van der Waals surface area contributed by atoms with Crippen molar-refractivity contribution in [1.29, 1.82) is 0 Å². The quantitative estimate of drug-likeness (QED) is 0.368. The summed E-state index contributed by atoms with van der Waals surface area (Å²) in [6.07, 6.45) is 4.60. The molecule has 0 spiro atoms. The van der Waals surface area contributed by atoms with Gasteiger partial charge in [0.1, 0.15) is 0 Å². The van der Waals surface area contributed by atoms with Crippen LogP contribution in [0.4, 0.5) is 4.79 Å². The third-order valence-electron chi connectivity index (χ3n) is 5.93. The molecule has 0 unspecified atom stereocenters. The number of para-hydroxylation sites is 1. The summed E-state index contributed by atoms with van der Waals surface area (Å²) < 4.78 is 7.26. The van der Waals surface area contributed by atoms with Gasteiger partial charge >= 0.3 is 6.09 Å². The van der Waals surface area contributed by atoms with E-state index in [0.29, 0.717) is 22.9 Å². The number of aromatic nitrogens is 5. The maximum Gasteiger partial charge on any atom is 0.413 e. The summed E-state index contributed by atoms with van der Waals surface area (Å²) in [6.45, 7) is 5.15. The molecule has 4 N–H and O–H groups in total. The first-order valence-electron chi connectivity index (χ1n) is 11.1. The van der Waals surface area contributed by atoms with Gasteiger partial charge in [-0.25, -0.2) is 19.4 Å². The third-order valence-corrected chi connectivity index (χ3v) is 5.93. The van der Waals surface area contributed by atoms with Gasteiger partial charge in [-0.1, -0.05) is 18.2 Å². The summed E-state index contributed by atoms with van der Waals surface area (Å²) in [7, 11) is 0. The lowest BCUT2D eigenvalue weighted by Crippen LogP contribution is -2.47. The van der Waals surface area contributed by atoms with E-state index in [1.54, 1.807) is 26.2 Å². The zero-order chi connectivity index (χ0) is 23.0. The third kappa shape index (κ3) is 4.14. The van der Waals surface area contributed by atoms with Gasteiger partial charge in [-0.05, 0) is 45.8 Å². The summed E-state index contributed by atoms with van der Waals surface area (Å²) in [6, 6.07) is 8.13. The summed E-state index contributed by atoms with van der Waals surface area (Å²) >= 11 is 0. The van der Waals surface area contributed by atoms with Crippen LogP contribution in [0.3, 0.4) is 0 Å². The monoisotopic (exact) mass is 449 g/mol. The number of benzene rings is 1. The van der Waals surface area contributed by atoms with Crippen molar-refractivity contribution in [2.24, 2.45) is 0 Å². The molecular formula is C23H27N7O3. The molecule has 4 heterocycles. The van der Waals surface area contributed by atoms with E-state index in [1.807, 2.05) is 22.9 Å². The Morgan fingerprint density at radius 1 is 1.30 bits per heavy atom. The number of hydrogen-bond donors (Lipinski definition) is 4. The van der Waals surface area contributed by atoms with E-state index in [1.165, 1.54) is 0 Å². The lowest BCUT2D eigenvalue weighted by molar-refractivity contribution is 0.159. The minimum Gasteiger partial charge on any atom is -0.406 e. The summed E-state index contributed by atoms with van der Waals surface area (Å²) in [5.41, 5.74) is 2.15. The Hall–Kier alpha value is -3.50. The highest BCUT2D eigenvalue weighted by molar-refractivity contribution is 5.85. The number of fused-ring (bicyclic) bond motifs is 2. The van der Waals surface area contributed by atoms with Crippen molar-refractivity contribution in [1.82, 2.24) is 35.4 Å². The summed E-state index contributed by atoms with van der Waals surface area (Å²) in [5, 5.41) is 21.5. The first-order chi connectivity index (χ1) is 15.9. The van der Waals surface area contributed by atoms with E-state index in [-0.39, 0.29) is 12.4 Å². The number of amides is 1. The van der Waals surface area contributed by atoms with Gasteiger partial charge in [0.2, 0.25) is 0 Å². The van der Waals surface area contributed by atoms with Crippen LogP contribution in [0.2, 0.25) is 0 Å². The van der Waals surface area contributed by atoms with Gasteiger partial charge in [0.25, 0.3) is 0 Å². The van der Waals surface area contributed by atoms with Crippen molar-refractivity contribution < 1.29 is 14.6 Å². The van der Waals surface area contributed by atoms with Crippen molar-refractivity contribution in [2.75, 3.05) is 19.7 Å². The number of rotatable bonds is 5. The number of H-pyrrole nitrogens is 1. The highest BCUT2D eigenvalue weighted by Gasteiger charge is 2.24. The molecule has 0 atom stereocenters. The van der Waals surface area contributed by atoms with Crippen LogP contribution in [0.25, 0.3) is 27.9 Å². The van der Waals surface area contributed by atoms with Crippen molar-refractivity contribution >= 4 is 28.2 Å². The number of carbonyl (C=O) groups excluding carboxylic acids is 1. The minimum atomic E-state index is -0.806. The van der Waals surface area contributed by atoms with Crippen LogP contribution >= 0.6 is 0 Å². The second kappa shape index (κ2) is 8.45. The molecule has 1 aromatic carbocycles. The van der Waals surface area contributed by atoms with Crippen LogP contribution in [0.1, 0.15) is 38.3 Å². The molecule has 10 heteroatoms. The Kier molecular flexibility index (Phi) is 5.47. The van der Waals surface area contributed by atoms with Gasteiger partial charge in [0.15, 0.2) is 22.7 Å². The van der Waals surface area contributed by atoms with Gasteiger partial charge in [-0.15, -0.1) is 0 Å². The zero-order valence-corrected chi connectivity index (χ0v) is 18.6. The molecule has 1 fully saturated rings. The van der Waals surface area contributed by atoms with Crippen LogP contribution in [0.15, 0.2) is 36.7 Å². The predicted molar refractivity (Wildman–Crippen MR) is 124 cm³/mol. The molecule has 10 nitrogen and oxygen atoms in total. The summed E-state index contributed by atoms with van der Waals surface area (Å²) in [5.74, 6) is 1.18. The van der Waals surface area contributed by atoms with Gasteiger partial charge in [0.05, 0.1) is 29.6 Å². The van der Waals surface area contributed by atoms with E-state index in [0.717, 1.165) is 42.5 Å². The Morgan fingerprint density at radius 2 is 2.09 bits per heavy atom. The van der Waals surface area contributed by atoms with E-state index >= 15 is 0 Å². The lowest BCUT2D eigenvalue weighted by atomic mass is 9.93. The maximum atomic E-state index is 12.3. The number of ether oxygens (including phenoxy) is 1. The molecule has 4 aromatic rings. The first kappa shape index (κ1) is 21.4. The minimum absolute atomic E-state index is 0.217.